The number of aryl methyl sites for hydroxylation is 1. The predicted molar refractivity (Wildman–Crippen MR) is 68.6 cm³/mol. The van der Waals surface area contributed by atoms with Crippen LogP contribution in [0.25, 0.3) is 0 Å². The molecule has 0 saturated carbocycles. The second kappa shape index (κ2) is 5.22. The highest BCUT2D eigenvalue weighted by Crippen LogP contribution is 2.26. The van der Waals surface area contributed by atoms with E-state index in [1.807, 2.05) is 11.6 Å². The van der Waals surface area contributed by atoms with Gasteiger partial charge in [0.1, 0.15) is 12.4 Å². The molecule has 5 nitrogen and oxygen atoms in total. The highest BCUT2D eigenvalue weighted by molar-refractivity contribution is 9.10. The lowest BCUT2D eigenvalue weighted by atomic mass is 10.2. The minimum Gasteiger partial charge on any atom is -0.486 e. The van der Waals surface area contributed by atoms with Crippen molar-refractivity contribution in [2.24, 2.45) is 7.05 Å². The molecule has 0 aliphatic heterocycles. The molecule has 0 spiro atoms. The van der Waals surface area contributed by atoms with Crippen molar-refractivity contribution >= 4 is 21.9 Å². The van der Waals surface area contributed by atoms with Gasteiger partial charge in [0.15, 0.2) is 0 Å². The van der Waals surface area contributed by atoms with Crippen molar-refractivity contribution in [1.29, 1.82) is 0 Å². The van der Waals surface area contributed by atoms with Crippen molar-refractivity contribution in [3.63, 3.8) is 0 Å². The molecule has 0 bridgehead atoms. The molecule has 0 amide bonds. The van der Waals surface area contributed by atoms with Gasteiger partial charge in [0.05, 0.1) is 28.3 Å². The first-order valence-electron chi connectivity index (χ1n) is 5.19. The highest BCUT2D eigenvalue weighted by Gasteiger charge is 2.08. The standard InChI is InChI=1S/C12H11BrN2O3/c1-15-7-14-5-9(15)6-18-11-3-2-8(12(16)17)4-10(11)13/h2-5,7H,6H2,1H3,(H,16,17). The van der Waals surface area contributed by atoms with Gasteiger partial charge in [-0.2, -0.15) is 0 Å². The Kier molecular flexibility index (Phi) is 3.66. The molecule has 0 fully saturated rings. The third kappa shape index (κ3) is 2.70. The van der Waals surface area contributed by atoms with Crippen LogP contribution in [0.1, 0.15) is 16.1 Å². The first-order chi connectivity index (χ1) is 8.58. The summed E-state index contributed by atoms with van der Waals surface area (Å²) in [5.41, 5.74) is 1.15. The van der Waals surface area contributed by atoms with E-state index in [1.54, 1.807) is 18.6 Å². The molecule has 0 saturated heterocycles. The van der Waals surface area contributed by atoms with E-state index in [0.717, 1.165) is 5.69 Å². The Morgan fingerprint density at radius 3 is 2.89 bits per heavy atom. The number of nitrogens with zero attached hydrogens (tertiary/aromatic N) is 2. The number of halogens is 1. The lowest BCUT2D eigenvalue weighted by molar-refractivity contribution is 0.0696. The molecule has 2 aromatic rings. The van der Waals surface area contributed by atoms with E-state index in [2.05, 4.69) is 20.9 Å². The molecule has 0 radical (unpaired) electrons. The normalized spacial score (nSPS) is 10.3. The minimum atomic E-state index is -0.964. The molecule has 0 atom stereocenters. The topological polar surface area (TPSA) is 64.4 Å². The van der Waals surface area contributed by atoms with Crippen LogP contribution in [0.2, 0.25) is 0 Å². The molecule has 18 heavy (non-hydrogen) atoms. The van der Waals surface area contributed by atoms with Crippen LogP contribution >= 0.6 is 15.9 Å². The SMILES string of the molecule is Cn1cncc1COc1ccc(C(=O)O)cc1Br. The molecule has 1 aromatic carbocycles. The third-order valence-electron chi connectivity index (χ3n) is 2.47. The fraction of sp³-hybridized carbons (Fsp3) is 0.167. The lowest BCUT2D eigenvalue weighted by Gasteiger charge is -2.09. The van der Waals surface area contributed by atoms with Crippen LogP contribution in [-0.2, 0) is 13.7 Å². The molecule has 2 rings (SSSR count). The Morgan fingerprint density at radius 1 is 1.56 bits per heavy atom. The summed E-state index contributed by atoms with van der Waals surface area (Å²) in [5, 5.41) is 8.84. The zero-order valence-electron chi connectivity index (χ0n) is 9.63. The van der Waals surface area contributed by atoms with Gasteiger partial charge in [0.2, 0.25) is 0 Å². The van der Waals surface area contributed by atoms with Crippen LogP contribution in [0.3, 0.4) is 0 Å². The largest absolute Gasteiger partial charge is 0.486 e. The van der Waals surface area contributed by atoms with Gasteiger partial charge in [0, 0.05) is 7.05 Å². The van der Waals surface area contributed by atoms with Crippen LogP contribution in [-0.4, -0.2) is 20.6 Å². The van der Waals surface area contributed by atoms with Gasteiger partial charge >= 0.3 is 5.97 Å². The van der Waals surface area contributed by atoms with E-state index in [0.29, 0.717) is 16.8 Å². The number of ether oxygens (including phenoxy) is 1. The summed E-state index contributed by atoms with van der Waals surface area (Å²) >= 11 is 3.29. The van der Waals surface area contributed by atoms with E-state index in [9.17, 15) is 4.79 Å². The number of carboxylic acid groups (broad SMARTS) is 1. The Hall–Kier alpha value is -1.82. The van der Waals surface area contributed by atoms with Gasteiger partial charge in [-0.15, -0.1) is 0 Å². The number of carboxylic acids is 1. The Balaban J connectivity index is 2.11. The number of hydrogen-bond acceptors (Lipinski definition) is 3. The molecule has 1 heterocycles. The molecule has 0 aliphatic rings. The zero-order chi connectivity index (χ0) is 13.1. The summed E-state index contributed by atoms with van der Waals surface area (Å²) in [6.45, 7) is 0.377. The summed E-state index contributed by atoms with van der Waals surface area (Å²) in [4.78, 5) is 14.8. The van der Waals surface area contributed by atoms with E-state index >= 15 is 0 Å². The number of imidazole rings is 1. The van der Waals surface area contributed by atoms with Crippen molar-refractivity contribution in [3.05, 3.63) is 46.5 Å². The van der Waals surface area contributed by atoms with E-state index in [4.69, 9.17) is 9.84 Å². The zero-order valence-corrected chi connectivity index (χ0v) is 11.2. The fourth-order valence-corrected chi connectivity index (χ4v) is 1.92. The molecule has 0 aliphatic carbocycles. The Morgan fingerprint density at radius 2 is 2.33 bits per heavy atom. The van der Waals surface area contributed by atoms with Gasteiger partial charge in [-0.05, 0) is 34.1 Å². The van der Waals surface area contributed by atoms with Gasteiger partial charge in [0.25, 0.3) is 0 Å². The molecular weight excluding hydrogens is 300 g/mol. The van der Waals surface area contributed by atoms with Crippen molar-refractivity contribution < 1.29 is 14.6 Å². The van der Waals surface area contributed by atoms with Crippen LogP contribution in [0.4, 0.5) is 0 Å². The quantitative estimate of drug-likeness (QED) is 0.942. The number of hydrogen-bond donors (Lipinski definition) is 1. The van der Waals surface area contributed by atoms with Crippen molar-refractivity contribution in [1.82, 2.24) is 9.55 Å². The van der Waals surface area contributed by atoms with Gasteiger partial charge in [-0.3, -0.25) is 0 Å². The van der Waals surface area contributed by atoms with Crippen LogP contribution in [0.5, 0.6) is 5.75 Å². The average molecular weight is 311 g/mol. The maximum Gasteiger partial charge on any atom is 0.335 e. The number of benzene rings is 1. The van der Waals surface area contributed by atoms with E-state index < -0.39 is 5.97 Å². The first-order valence-corrected chi connectivity index (χ1v) is 5.98. The predicted octanol–water partition coefficient (Wildman–Crippen LogP) is 2.46. The van der Waals surface area contributed by atoms with Crippen LogP contribution < -0.4 is 4.74 Å². The second-order valence-electron chi connectivity index (χ2n) is 3.73. The summed E-state index contributed by atoms with van der Waals surface area (Å²) in [5.74, 6) is -0.366. The number of aromatic nitrogens is 2. The average Bonchev–Trinajstić information content (AvgIpc) is 2.73. The number of aromatic carboxylic acids is 1. The van der Waals surface area contributed by atoms with Crippen LogP contribution in [0.15, 0.2) is 35.2 Å². The lowest BCUT2D eigenvalue weighted by Crippen LogP contribution is -2.02. The second-order valence-corrected chi connectivity index (χ2v) is 4.59. The van der Waals surface area contributed by atoms with Crippen molar-refractivity contribution in [3.8, 4) is 5.75 Å². The molecule has 1 aromatic heterocycles. The van der Waals surface area contributed by atoms with E-state index in [-0.39, 0.29) is 5.56 Å². The van der Waals surface area contributed by atoms with Gasteiger partial charge in [-0.25, -0.2) is 9.78 Å². The first kappa shape index (κ1) is 12.6. The minimum absolute atomic E-state index is 0.217. The Labute approximate surface area is 112 Å². The third-order valence-corrected chi connectivity index (χ3v) is 3.09. The maximum atomic E-state index is 10.8. The summed E-state index contributed by atoms with van der Waals surface area (Å²) in [6, 6.07) is 4.65. The fourth-order valence-electron chi connectivity index (χ4n) is 1.43. The number of rotatable bonds is 4. The van der Waals surface area contributed by atoms with Gasteiger partial charge < -0.3 is 14.4 Å². The molecule has 6 heteroatoms. The Bertz CT molecular complexity index is 580. The summed E-state index contributed by atoms with van der Waals surface area (Å²) < 4.78 is 8.07. The van der Waals surface area contributed by atoms with Crippen molar-refractivity contribution in [2.75, 3.05) is 0 Å². The molecular formula is C12H11BrN2O3. The van der Waals surface area contributed by atoms with Gasteiger partial charge in [-0.1, -0.05) is 0 Å². The molecule has 1 N–H and O–H groups in total. The maximum absolute atomic E-state index is 10.8. The monoisotopic (exact) mass is 310 g/mol. The van der Waals surface area contributed by atoms with Crippen molar-refractivity contribution in [2.45, 2.75) is 6.61 Å². The van der Waals surface area contributed by atoms with Crippen LogP contribution in [0, 0.1) is 0 Å². The highest BCUT2D eigenvalue weighted by atomic mass is 79.9. The summed E-state index contributed by atoms with van der Waals surface area (Å²) in [6.07, 6.45) is 3.42. The smallest absolute Gasteiger partial charge is 0.335 e. The molecule has 94 valence electrons. The molecule has 0 unspecified atom stereocenters. The number of carbonyl (C=O) groups is 1. The van der Waals surface area contributed by atoms with E-state index in [1.165, 1.54) is 12.1 Å². The summed E-state index contributed by atoms with van der Waals surface area (Å²) in [7, 11) is 1.88.